The van der Waals surface area contributed by atoms with E-state index in [1.54, 1.807) is 7.11 Å². The second kappa shape index (κ2) is 7.07. The van der Waals surface area contributed by atoms with Gasteiger partial charge in [-0.2, -0.15) is 0 Å². The zero-order valence-electron chi connectivity index (χ0n) is 12.4. The number of aryl methyl sites for hydroxylation is 1. The third-order valence-corrected chi connectivity index (χ3v) is 3.80. The van der Waals surface area contributed by atoms with Gasteiger partial charge in [-0.3, -0.25) is 0 Å². The fourth-order valence-electron chi connectivity index (χ4n) is 2.32. The molecule has 0 bridgehead atoms. The minimum absolute atomic E-state index is 0.440. The van der Waals surface area contributed by atoms with Crippen molar-refractivity contribution in [3.05, 3.63) is 29.6 Å². The van der Waals surface area contributed by atoms with Gasteiger partial charge in [0.2, 0.25) is 0 Å². The lowest BCUT2D eigenvalue weighted by molar-refractivity contribution is 0.159. The SMILES string of the molecule is COCCN(C)CCn1c(CCl)nc2c(C)cccc21. The highest BCUT2D eigenvalue weighted by Gasteiger charge is 2.11. The number of hydrogen-bond donors (Lipinski definition) is 0. The number of likely N-dealkylation sites (N-methyl/N-ethyl adjacent to an activating group) is 1. The van der Waals surface area contributed by atoms with E-state index in [0.717, 1.165) is 37.6 Å². The van der Waals surface area contributed by atoms with Crippen LogP contribution in [0.15, 0.2) is 18.2 Å². The molecule has 5 heteroatoms. The fourth-order valence-corrected chi connectivity index (χ4v) is 2.52. The number of para-hydroxylation sites is 1. The largest absolute Gasteiger partial charge is 0.383 e. The van der Waals surface area contributed by atoms with Gasteiger partial charge in [-0.15, -0.1) is 11.6 Å². The second-order valence-corrected chi connectivity index (χ2v) is 5.32. The second-order valence-electron chi connectivity index (χ2n) is 5.05. The summed E-state index contributed by atoms with van der Waals surface area (Å²) in [7, 11) is 3.83. The molecule has 0 saturated carbocycles. The summed E-state index contributed by atoms with van der Waals surface area (Å²) in [5, 5.41) is 0. The molecule has 110 valence electrons. The molecule has 0 aliphatic carbocycles. The van der Waals surface area contributed by atoms with E-state index in [-0.39, 0.29) is 0 Å². The average molecular weight is 296 g/mol. The summed E-state index contributed by atoms with van der Waals surface area (Å²) in [6, 6.07) is 6.27. The lowest BCUT2D eigenvalue weighted by Crippen LogP contribution is -2.27. The van der Waals surface area contributed by atoms with Crippen LogP contribution in [-0.2, 0) is 17.2 Å². The Labute approximate surface area is 125 Å². The van der Waals surface area contributed by atoms with Gasteiger partial charge in [0, 0.05) is 26.7 Å². The van der Waals surface area contributed by atoms with Gasteiger partial charge in [-0.05, 0) is 25.6 Å². The van der Waals surface area contributed by atoms with E-state index in [2.05, 4.69) is 46.6 Å². The number of alkyl halides is 1. The molecule has 2 aromatic rings. The molecule has 1 aromatic carbocycles. The van der Waals surface area contributed by atoms with Crippen LogP contribution in [0.2, 0.25) is 0 Å². The van der Waals surface area contributed by atoms with Crippen molar-refractivity contribution in [2.75, 3.05) is 33.9 Å². The van der Waals surface area contributed by atoms with E-state index in [1.165, 1.54) is 11.1 Å². The van der Waals surface area contributed by atoms with Crippen LogP contribution in [0.5, 0.6) is 0 Å². The number of benzene rings is 1. The first-order valence-corrected chi connectivity index (χ1v) is 7.39. The number of ether oxygens (including phenoxy) is 1. The standard InChI is InChI=1S/C15H22ClN3O/c1-12-5-4-6-13-15(12)17-14(11-16)19(13)8-7-18(2)9-10-20-3/h4-6H,7-11H2,1-3H3. The molecule has 0 N–H and O–H groups in total. The monoisotopic (exact) mass is 295 g/mol. The molecule has 0 fully saturated rings. The van der Waals surface area contributed by atoms with Crippen molar-refractivity contribution in [1.29, 1.82) is 0 Å². The molecular weight excluding hydrogens is 274 g/mol. The first-order chi connectivity index (χ1) is 9.67. The average Bonchev–Trinajstić information content (AvgIpc) is 2.82. The molecule has 0 atom stereocenters. The van der Waals surface area contributed by atoms with E-state index < -0.39 is 0 Å². The van der Waals surface area contributed by atoms with E-state index in [0.29, 0.717) is 5.88 Å². The van der Waals surface area contributed by atoms with Crippen LogP contribution in [-0.4, -0.2) is 48.3 Å². The minimum Gasteiger partial charge on any atom is -0.383 e. The Bertz CT molecular complexity index is 567. The van der Waals surface area contributed by atoms with E-state index in [1.807, 2.05) is 0 Å². The van der Waals surface area contributed by atoms with Crippen molar-refractivity contribution in [1.82, 2.24) is 14.5 Å². The lowest BCUT2D eigenvalue weighted by atomic mass is 10.2. The topological polar surface area (TPSA) is 30.3 Å². The summed E-state index contributed by atoms with van der Waals surface area (Å²) in [6.07, 6.45) is 0. The van der Waals surface area contributed by atoms with Crippen LogP contribution in [0, 0.1) is 6.92 Å². The van der Waals surface area contributed by atoms with Gasteiger partial charge >= 0.3 is 0 Å². The number of methoxy groups -OCH3 is 1. The fraction of sp³-hybridized carbons (Fsp3) is 0.533. The van der Waals surface area contributed by atoms with E-state index >= 15 is 0 Å². The Kier molecular flexibility index (Phi) is 5.40. The van der Waals surface area contributed by atoms with Crippen LogP contribution in [0.1, 0.15) is 11.4 Å². The third kappa shape index (κ3) is 3.32. The summed E-state index contributed by atoms with van der Waals surface area (Å²) in [6.45, 7) is 5.61. The zero-order chi connectivity index (χ0) is 14.5. The smallest absolute Gasteiger partial charge is 0.124 e. The number of imidazole rings is 1. The Morgan fingerprint density at radius 2 is 2.15 bits per heavy atom. The number of fused-ring (bicyclic) bond motifs is 1. The van der Waals surface area contributed by atoms with Gasteiger partial charge in [-0.1, -0.05) is 12.1 Å². The van der Waals surface area contributed by atoms with Gasteiger partial charge < -0.3 is 14.2 Å². The highest BCUT2D eigenvalue weighted by Crippen LogP contribution is 2.20. The summed E-state index contributed by atoms with van der Waals surface area (Å²) < 4.78 is 7.32. The Morgan fingerprint density at radius 3 is 2.85 bits per heavy atom. The summed E-state index contributed by atoms with van der Waals surface area (Å²) in [5.41, 5.74) is 3.42. The summed E-state index contributed by atoms with van der Waals surface area (Å²) in [4.78, 5) is 6.91. The molecule has 0 spiro atoms. The van der Waals surface area contributed by atoms with E-state index in [9.17, 15) is 0 Å². The summed E-state index contributed by atoms with van der Waals surface area (Å²) >= 11 is 6.04. The maximum absolute atomic E-state index is 6.04. The molecule has 0 saturated heterocycles. The first-order valence-electron chi connectivity index (χ1n) is 6.85. The van der Waals surface area contributed by atoms with Crippen molar-refractivity contribution in [3.8, 4) is 0 Å². The predicted molar refractivity (Wildman–Crippen MR) is 83.4 cm³/mol. The number of aromatic nitrogens is 2. The maximum Gasteiger partial charge on any atom is 0.124 e. The van der Waals surface area contributed by atoms with Gasteiger partial charge in [0.15, 0.2) is 0 Å². The van der Waals surface area contributed by atoms with Crippen LogP contribution < -0.4 is 0 Å². The zero-order valence-corrected chi connectivity index (χ0v) is 13.2. The van der Waals surface area contributed by atoms with Gasteiger partial charge in [-0.25, -0.2) is 4.98 Å². The number of halogens is 1. The Balaban J connectivity index is 2.18. The van der Waals surface area contributed by atoms with Crippen LogP contribution >= 0.6 is 11.6 Å². The minimum atomic E-state index is 0.440. The van der Waals surface area contributed by atoms with Crippen molar-refractivity contribution < 1.29 is 4.74 Å². The molecule has 0 amide bonds. The van der Waals surface area contributed by atoms with E-state index in [4.69, 9.17) is 16.3 Å². The molecule has 1 heterocycles. The Hall–Kier alpha value is -1.10. The van der Waals surface area contributed by atoms with Crippen LogP contribution in [0.4, 0.5) is 0 Å². The molecule has 0 radical (unpaired) electrons. The Morgan fingerprint density at radius 1 is 1.35 bits per heavy atom. The van der Waals surface area contributed by atoms with Crippen LogP contribution in [0.3, 0.4) is 0 Å². The number of nitrogens with zero attached hydrogens (tertiary/aromatic N) is 3. The lowest BCUT2D eigenvalue weighted by Gasteiger charge is -2.17. The highest BCUT2D eigenvalue weighted by atomic mass is 35.5. The first kappa shape index (κ1) is 15.3. The number of hydrogen-bond acceptors (Lipinski definition) is 3. The molecule has 20 heavy (non-hydrogen) atoms. The van der Waals surface area contributed by atoms with Crippen molar-refractivity contribution in [2.24, 2.45) is 0 Å². The summed E-state index contributed by atoms with van der Waals surface area (Å²) in [5.74, 6) is 1.38. The number of rotatable bonds is 7. The van der Waals surface area contributed by atoms with Gasteiger partial charge in [0.1, 0.15) is 5.82 Å². The van der Waals surface area contributed by atoms with Gasteiger partial charge in [0.25, 0.3) is 0 Å². The molecular formula is C15H22ClN3O. The van der Waals surface area contributed by atoms with Crippen molar-refractivity contribution in [2.45, 2.75) is 19.3 Å². The molecule has 2 rings (SSSR count). The van der Waals surface area contributed by atoms with Crippen LogP contribution in [0.25, 0.3) is 11.0 Å². The molecule has 1 aromatic heterocycles. The van der Waals surface area contributed by atoms with Gasteiger partial charge in [0.05, 0.1) is 23.5 Å². The molecule has 0 aliphatic heterocycles. The quantitative estimate of drug-likeness (QED) is 0.736. The molecule has 4 nitrogen and oxygen atoms in total. The predicted octanol–water partition coefficient (Wildman–Crippen LogP) is 2.66. The van der Waals surface area contributed by atoms with Crippen molar-refractivity contribution >= 4 is 22.6 Å². The molecule has 0 aliphatic rings. The molecule has 0 unspecified atom stereocenters. The normalized spacial score (nSPS) is 11.7. The third-order valence-electron chi connectivity index (χ3n) is 3.56. The van der Waals surface area contributed by atoms with Crippen molar-refractivity contribution in [3.63, 3.8) is 0 Å². The highest BCUT2D eigenvalue weighted by molar-refractivity contribution is 6.16. The maximum atomic E-state index is 6.04.